The van der Waals surface area contributed by atoms with Gasteiger partial charge in [-0.1, -0.05) is 50.1 Å². The van der Waals surface area contributed by atoms with E-state index in [9.17, 15) is 9.59 Å². The number of hydrogen-bond donors (Lipinski definition) is 0. The summed E-state index contributed by atoms with van der Waals surface area (Å²) in [5.74, 6) is 0.0153. The van der Waals surface area contributed by atoms with Crippen LogP contribution in [0.2, 0.25) is 0 Å². The maximum atomic E-state index is 13.1. The molecule has 5 rings (SSSR count). The minimum Gasteiger partial charge on any atom is -0.491 e. The Morgan fingerprint density at radius 3 is 2.44 bits per heavy atom. The molecule has 0 saturated carbocycles. The fourth-order valence-corrected chi connectivity index (χ4v) is 5.98. The molecule has 1 atom stereocenters. The zero-order valence-electron chi connectivity index (χ0n) is 28.4. The van der Waals surface area contributed by atoms with Crippen LogP contribution >= 0.6 is 11.6 Å². The number of hydrogen-bond acceptors (Lipinski definition) is 7. The number of carbonyl (C=O) groups is 2. The molecule has 0 radical (unpaired) electrons. The quantitative estimate of drug-likeness (QED) is 0.0527. The Labute approximate surface area is 288 Å². The summed E-state index contributed by atoms with van der Waals surface area (Å²) in [6.07, 6.45) is 12.7. The van der Waals surface area contributed by atoms with Gasteiger partial charge in [-0.3, -0.25) is 9.63 Å². The number of rotatable bonds is 15. The number of nitrogens with zero attached hydrogens (tertiary/aromatic N) is 3. The molecule has 1 amide bonds. The molecule has 0 N–H and O–H groups in total. The van der Waals surface area contributed by atoms with Crippen LogP contribution in [0, 0.1) is 0 Å². The first-order valence-electron chi connectivity index (χ1n) is 16.9. The van der Waals surface area contributed by atoms with Gasteiger partial charge >= 0.3 is 6.09 Å². The zero-order chi connectivity index (χ0) is 34.1. The van der Waals surface area contributed by atoms with Crippen LogP contribution in [0.4, 0.5) is 4.79 Å². The highest BCUT2D eigenvalue weighted by Crippen LogP contribution is 2.31. The molecule has 0 bridgehead atoms. The summed E-state index contributed by atoms with van der Waals surface area (Å²) in [5.41, 5.74) is 4.16. The first-order chi connectivity index (χ1) is 23.2. The van der Waals surface area contributed by atoms with E-state index in [4.69, 9.17) is 30.6 Å². The topological polar surface area (TPSA) is 91.6 Å². The molecule has 1 aromatic heterocycles. The van der Waals surface area contributed by atoms with Gasteiger partial charge in [0.15, 0.2) is 11.6 Å². The number of halogens is 1. The van der Waals surface area contributed by atoms with Crippen LogP contribution in [0.25, 0.3) is 16.6 Å². The Kier molecular flexibility index (Phi) is 12.1. The Hall–Kier alpha value is -3.92. The summed E-state index contributed by atoms with van der Waals surface area (Å²) in [6.45, 7) is 9.94. The van der Waals surface area contributed by atoms with Gasteiger partial charge in [-0.05, 0) is 82.0 Å². The number of unbranched alkanes of at least 4 members (excludes halogenated alkanes) is 2. The number of benzene rings is 2. The SMILES string of the molecule is CCCCN(CCCC)C(=O)O/N=C(\CCl)c1cn(-c2ccc(C(=O)C3=CCCC=C3)cc2)c2ccc(OCC3COC(C)(C)O3)cc12. The number of Topliss-reactive ketones (excluding diaryl/α,β-unsaturated/α-hetero) is 1. The van der Waals surface area contributed by atoms with E-state index in [0.717, 1.165) is 55.1 Å². The van der Waals surface area contributed by atoms with Crippen LogP contribution < -0.4 is 4.74 Å². The van der Waals surface area contributed by atoms with E-state index in [1.165, 1.54) is 0 Å². The fraction of sp³-hybridized carbons (Fsp3) is 0.447. The molecule has 0 spiro atoms. The predicted molar refractivity (Wildman–Crippen MR) is 190 cm³/mol. The summed E-state index contributed by atoms with van der Waals surface area (Å²) in [6, 6.07) is 13.3. The lowest BCUT2D eigenvalue weighted by Crippen LogP contribution is -2.32. The molecular weight excluding hydrogens is 630 g/mol. The summed E-state index contributed by atoms with van der Waals surface area (Å²) in [5, 5.41) is 5.11. The zero-order valence-corrected chi connectivity index (χ0v) is 29.1. The summed E-state index contributed by atoms with van der Waals surface area (Å²) < 4.78 is 19.8. The summed E-state index contributed by atoms with van der Waals surface area (Å²) in [7, 11) is 0. The van der Waals surface area contributed by atoms with Gasteiger partial charge in [-0.15, -0.1) is 11.6 Å². The van der Waals surface area contributed by atoms with Crippen molar-refractivity contribution in [2.75, 3.05) is 32.2 Å². The third-order valence-electron chi connectivity index (χ3n) is 8.44. The first-order valence-corrected chi connectivity index (χ1v) is 17.5. The van der Waals surface area contributed by atoms with Crippen molar-refractivity contribution in [3.8, 4) is 11.4 Å². The second kappa shape index (κ2) is 16.5. The van der Waals surface area contributed by atoms with Crippen molar-refractivity contribution in [2.45, 2.75) is 78.1 Å². The largest absolute Gasteiger partial charge is 0.491 e. The standard InChI is InChI=1S/C38H46ClN3O6/c1-5-7-20-41(21-8-6-2)37(44)48-40-34(23-39)33-24-42(29-16-14-28(15-17-29)36(43)27-12-10-9-11-13-27)35-19-18-30(22-32(33)35)45-25-31-26-46-38(3,4)47-31/h10,12-19,22,24,31H,5-9,11,20-21,23,25-26H2,1-4H3/b40-34+. The van der Waals surface area contributed by atoms with Gasteiger partial charge in [0.2, 0.25) is 0 Å². The van der Waals surface area contributed by atoms with Gasteiger partial charge in [0, 0.05) is 47.1 Å². The normalized spacial score (nSPS) is 17.4. The molecule has 1 unspecified atom stereocenters. The molecule has 10 heteroatoms. The van der Waals surface area contributed by atoms with Crippen molar-refractivity contribution < 1.29 is 28.6 Å². The fourth-order valence-electron chi connectivity index (χ4n) is 5.79. The molecule has 1 aliphatic carbocycles. The number of aromatic nitrogens is 1. The average molecular weight is 676 g/mol. The number of carbonyl (C=O) groups excluding carboxylic acids is 2. The van der Waals surface area contributed by atoms with Gasteiger partial charge < -0.3 is 23.7 Å². The van der Waals surface area contributed by atoms with E-state index in [0.29, 0.717) is 54.5 Å². The second-order valence-corrected chi connectivity index (χ2v) is 12.9. The molecular formula is C38H46ClN3O6. The van der Waals surface area contributed by atoms with E-state index in [1.807, 2.05) is 85.3 Å². The summed E-state index contributed by atoms with van der Waals surface area (Å²) >= 11 is 6.48. The Balaban J connectivity index is 1.46. The van der Waals surface area contributed by atoms with E-state index in [2.05, 4.69) is 19.0 Å². The third-order valence-corrected chi connectivity index (χ3v) is 8.69. The van der Waals surface area contributed by atoms with Crippen molar-refractivity contribution >= 4 is 40.1 Å². The molecule has 2 aromatic carbocycles. The smallest absolute Gasteiger partial charge is 0.435 e. The van der Waals surface area contributed by atoms with Crippen LogP contribution in [-0.4, -0.2) is 71.1 Å². The number of ketones is 1. The maximum absolute atomic E-state index is 13.1. The lowest BCUT2D eigenvalue weighted by atomic mass is 9.98. The highest BCUT2D eigenvalue weighted by molar-refractivity contribution is 6.33. The molecule has 3 aromatic rings. The Bertz CT molecular complexity index is 1670. The number of amides is 1. The minimum atomic E-state index is -0.640. The maximum Gasteiger partial charge on any atom is 0.435 e. The van der Waals surface area contributed by atoms with E-state index < -0.39 is 11.9 Å². The third kappa shape index (κ3) is 8.75. The molecule has 1 aliphatic heterocycles. The van der Waals surface area contributed by atoms with Gasteiger partial charge in [-0.2, -0.15) is 0 Å². The number of oxime groups is 1. The van der Waals surface area contributed by atoms with Crippen LogP contribution in [-0.2, 0) is 14.3 Å². The van der Waals surface area contributed by atoms with E-state index in [-0.39, 0.29) is 17.8 Å². The lowest BCUT2D eigenvalue weighted by Gasteiger charge is -2.20. The van der Waals surface area contributed by atoms with Crippen molar-refractivity contribution in [1.29, 1.82) is 0 Å². The second-order valence-electron chi connectivity index (χ2n) is 12.6. The molecule has 1 fully saturated rings. The predicted octanol–water partition coefficient (Wildman–Crippen LogP) is 8.60. The van der Waals surface area contributed by atoms with Crippen molar-refractivity contribution in [2.24, 2.45) is 5.16 Å². The Morgan fingerprint density at radius 1 is 1.06 bits per heavy atom. The molecule has 2 heterocycles. The number of allylic oxidation sites excluding steroid dienone is 4. The number of fused-ring (bicyclic) bond motifs is 1. The number of alkyl halides is 1. The van der Waals surface area contributed by atoms with E-state index >= 15 is 0 Å². The highest BCUT2D eigenvalue weighted by Gasteiger charge is 2.33. The average Bonchev–Trinajstić information content (AvgIpc) is 3.66. The van der Waals surface area contributed by atoms with Crippen LogP contribution in [0.3, 0.4) is 0 Å². The molecule has 256 valence electrons. The van der Waals surface area contributed by atoms with Crippen molar-refractivity contribution in [1.82, 2.24) is 9.47 Å². The van der Waals surface area contributed by atoms with Gasteiger partial charge in [0.1, 0.15) is 24.2 Å². The molecule has 1 saturated heterocycles. The van der Waals surface area contributed by atoms with Crippen LogP contribution in [0.1, 0.15) is 82.1 Å². The lowest BCUT2D eigenvalue weighted by molar-refractivity contribution is -0.141. The van der Waals surface area contributed by atoms with Crippen molar-refractivity contribution in [3.63, 3.8) is 0 Å². The van der Waals surface area contributed by atoms with Crippen LogP contribution in [0.15, 0.2) is 77.6 Å². The van der Waals surface area contributed by atoms with Gasteiger partial charge in [0.05, 0.1) is 18.0 Å². The summed E-state index contributed by atoms with van der Waals surface area (Å²) in [4.78, 5) is 33.4. The van der Waals surface area contributed by atoms with Crippen LogP contribution in [0.5, 0.6) is 5.75 Å². The van der Waals surface area contributed by atoms with E-state index in [1.54, 1.807) is 4.90 Å². The Morgan fingerprint density at radius 2 is 1.81 bits per heavy atom. The molecule has 2 aliphatic rings. The van der Waals surface area contributed by atoms with Crippen molar-refractivity contribution in [3.05, 3.63) is 83.6 Å². The number of ether oxygens (including phenoxy) is 3. The molecule has 48 heavy (non-hydrogen) atoms. The highest BCUT2D eigenvalue weighted by atomic mass is 35.5. The first kappa shape index (κ1) is 35.4. The van der Waals surface area contributed by atoms with Gasteiger partial charge in [0.25, 0.3) is 0 Å². The monoisotopic (exact) mass is 675 g/mol. The minimum absolute atomic E-state index is 0.00247. The van der Waals surface area contributed by atoms with Gasteiger partial charge in [-0.25, -0.2) is 4.79 Å². The molecule has 9 nitrogen and oxygen atoms in total.